The van der Waals surface area contributed by atoms with E-state index < -0.39 is 10.7 Å². The Labute approximate surface area is 121 Å². The van der Waals surface area contributed by atoms with Gasteiger partial charge in [-0.25, -0.2) is 4.39 Å². The van der Waals surface area contributed by atoms with Gasteiger partial charge in [0.15, 0.2) is 0 Å². The fraction of sp³-hybridized carbons (Fsp3) is 0.0588. The van der Waals surface area contributed by atoms with Crippen LogP contribution in [0.2, 0.25) is 0 Å². The molecule has 0 saturated heterocycles. The van der Waals surface area contributed by atoms with Crippen LogP contribution >= 0.6 is 0 Å². The van der Waals surface area contributed by atoms with E-state index in [1.54, 1.807) is 0 Å². The van der Waals surface area contributed by atoms with Crippen LogP contribution in [0.1, 0.15) is 22.3 Å². The molecule has 2 aromatic carbocycles. The molecule has 21 heavy (non-hydrogen) atoms. The second-order valence-corrected chi connectivity index (χ2v) is 4.45. The fourth-order valence-corrected chi connectivity index (χ4v) is 1.70. The first kappa shape index (κ1) is 14.5. The van der Waals surface area contributed by atoms with E-state index in [2.05, 4.69) is 11.8 Å². The van der Waals surface area contributed by atoms with Crippen LogP contribution in [0.15, 0.2) is 48.7 Å². The number of hydrogen-bond donors (Lipinski definition) is 0. The average Bonchev–Trinajstić information content (AvgIpc) is 2.45. The third-order valence-electron chi connectivity index (χ3n) is 2.78. The summed E-state index contributed by atoms with van der Waals surface area (Å²) in [7, 11) is 0. The lowest BCUT2D eigenvalue weighted by molar-refractivity contribution is -0.400. The molecule has 0 bridgehead atoms. The zero-order chi connectivity index (χ0) is 15.2. The minimum atomic E-state index is -0.595. The summed E-state index contributed by atoms with van der Waals surface area (Å²) in [5, 5.41) is 10.4. The molecule has 0 amide bonds. The van der Waals surface area contributed by atoms with Crippen molar-refractivity contribution in [1.82, 2.24) is 0 Å². The van der Waals surface area contributed by atoms with E-state index in [1.165, 1.54) is 24.3 Å². The molecule has 4 heteroatoms. The van der Waals surface area contributed by atoms with Crippen molar-refractivity contribution >= 4 is 6.08 Å². The molecule has 0 saturated carbocycles. The Bertz CT molecular complexity index is 753. The number of hydrogen-bond acceptors (Lipinski definition) is 2. The van der Waals surface area contributed by atoms with Gasteiger partial charge in [-0.3, -0.25) is 10.1 Å². The van der Waals surface area contributed by atoms with E-state index in [-0.39, 0.29) is 0 Å². The van der Waals surface area contributed by atoms with Crippen LogP contribution < -0.4 is 0 Å². The van der Waals surface area contributed by atoms with Crippen LogP contribution in [-0.2, 0) is 0 Å². The monoisotopic (exact) mass is 281 g/mol. The van der Waals surface area contributed by atoms with Gasteiger partial charge >= 0.3 is 0 Å². The van der Waals surface area contributed by atoms with Crippen molar-refractivity contribution in [2.45, 2.75) is 6.92 Å². The SMILES string of the molecule is Cc1ccc(C#Cc2ccc(F)cc2/C=C/[N+](=O)[O-])cc1. The van der Waals surface area contributed by atoms with Gasteiger partial charge in [-0.1, -0.05) is 29.5 Å². The molecule has 0 aliphatic carbocycles. The number of rotatable bonds is 2. The smallest absolute Gasteiger partial charge is 0.235 e. The number of nitro groups is 1. The maximum Gasteiger partial charge on any atom is 0.235 e. The summed E-state index contributed by atoms with van der Waals surface area (Å²) in [6.45, 7) is 1.98. The van der Waals surface area contributed by atoms with Crippen LogP contribution in [0, 0.1) is 34.7 Å². The number of nitrogens with zero attached hydrogens (tertiary/aromatic N) is 1. The highest BCUT2D eigenvalue weighted by Crippen LogP contribution is 2.13. The topological polar surface area (TPSA) is 43.1 Å². The lowest BCUT2D eigenvalue weighted by Crippen LogP contribution is -1.88. The van der Waals surface area contributed by atoms with Crippen molar-refractivity contribution in [2.24, 2.45) is 0 Å². The van der Waals surface area contributed by atoms with Gasteiger partial charge in [0.1, 0.15) is 5.82 Å². The lowest BCUT2D eigenvalue weighted by atomic mass is 10.1. The molecule has 2 rings (SSSR count). The van der Waals surface area contributed by atoms with Crippen LogP contribution in [0.3, 0.4) is 0 Å². The largest absolute Gasteiger partial charge is 0.259 e. The lowest BCUT2D eigenvalue weighted by Gasteiger charge is -1.98. The summed E-state index contributed by atoms with van der Waals surface area (Å²) in [4.78, 5) is 9.77. The van der Waals surface area contributed by atoms with E-state index in [0.29, 0.717) is 11.1 Å². The molecule has 3 nitrogen and oxygen atoms in total. The molecule has 0 aromatic heterocycles. The minimum absolute atomic E-state index is 0.381. The average molecular weight is 281 g/mol. The predicted octanol–water partition coefficient (Wildman–Crippen LogP) is 3.78. The molecule has 0 atom stereocenters. The van der Waals surface area contributed by atoms with Gasteiger partial charge < -0.3 is 0 Å². The van der Waals surface area contributed by atoms with Crippen molar-refractivity contribution in [2.75, 3.05) is 0 Å². The van der Waals surface area contributed by atoms with E-state index in [0.717, 1.165) is 17.3 Å². The molecule has 0 fully saturated rings. The van der Waals surface area contributed by atoms with Crippen molar-refractivity contribution in [3.8, 4) is 11.8 Å². The Balaban J connectivity index is 2.36. The van der Waals surface area contributed by atoms with Gasteiger partial charge in [0, 0.05) is 17.2 Å². The Kier molecular flexibility index (Phi) is 4.47. The van der Waals surface area contributed by atoms with Gasteiger partial charge in [-0.15, -0.1) is 0 Å². The summed E-state index contributed by atoms with van der Waals surface area (Å²) in [6, 6.07) is 11.7. The molecule has 0 heterocycles. The highest BCUT2D eigenvalue weighted by molar-refractivity contribution is 5.59. The van der Waals surface area contributed by atoms with Crippen molar-refractivity contribution in [3.63, 3.8) is 0 Å². The van der Waals surface area contributed by atoms with Gasteiger partial charge in [-0.05, 0) is 42.8 Å². The molecule has 2 aromatic rings. The van der Waals surface area contributed by atoms with Crippen LogP contribution in [0.4, 0.5) is 4.39 Å². The van der Waals surface area contributed by atoms with Crippen molar-refractivity contribution in [3.05, 3.63) is 86.8 Å². The summed E-state index contributed by atoms with van der Waals surface area (Å²) in [6.07, 6.45) is 2.01. The Morgan fingerprint density at radius 3 is 2.52 bits per heavy atom. The molecular formula is C17H12FNO2. The van der Waals surface area contributed by atoms with Crippen LogP contribution in [0.5, 0.6) is 0 Å². The molecule has 0 radical (unpaired) electrons. The standard InChI is InChI=1S/C17H12FNO2/c1-13-2-4-14(5-3-13)6-7-15-8-9-17(18)12-16(15)10-11-19(20)21/h2-5,8-12H,1H3/b11-10+. The molecule has 0 spiro atoms. The molecule has 0 N–H and O–H groups in total. The first-order valence-corrected chi connectivity index (χ1v) is 6.24. The predicted molar refractivity (Wildman–Crippen MR) is 79.6 cm³/mol. The van der Waals surface area contributed by atoms with E-state index in [9.17, 15) is 14.5 Å². The maximum atomic E-state index is 13.2. The highest BCUT2D eigenvalue weighted by atomic mass is 19.1. The highest BCUT2D eigenvalue weighted by Gasteiger charge is 2.01. The number of aryl methyl sites for hydroxylation is 1. The molecule has 0 aliphatic rings. The summed E-state index contributed by atoms with van der Waals surface area (Å²) in [5.74, 6) is 5.41. The van der Waals surface area contributed by atoms with Gasteiger partial charge in [0.25, 0.3) is 0 Å². The van der Waals surface area contributed by atoms with E-state index >= 15 is 0 Å². The van der Waals surface area contributed by atoms with Crippen molar-refractivity contribution in [1.29, 1.82) is 0 Å². The fourth-order valence-electron chi connectivity index (χ4n) is 1.70. The summed E-state index contributed by atoms with van der Waals surface area (Å²) >= 11 is 0. The van der Waals surface area contributed by atoms with E-state index in [4.69, 9.17) is 0 Å². The Morgan fingerprint density at radius 2 is 1.86 bits per heavy atom. The second-order valence-electron chi connectivity index (χ2n) is 4.45. The Hall–Kier alpha value is -2.93. The second kappa shape index (κ2) is 6.49. The zero-order valence-electron chi connectivity index (χ0n) is 11.3. The molecule has 0 aliphatic heterocycles. The van der Waals surface area contributed by atoms with Crippen LogP contribution in [-0.4, -0.2) is 4.92 Å². The van der Waals surface area contributed by atoms with Gasteiger partial charge in [0.05, 0.1) is 4.92 Å². The quantitative estimate of drug-likeness (QED) is 0.477. The zero-order valence-corrected chi connectivity index (χ0v) is 11.3. The van der Waals surface area contributed by atoms with Crippen molar-refractivity contribution < 1.29 is 9.31 Å². The first-order valence-electron chi connectivity index (χ1n) is 6.24. The molecule has 0 unspecified atom stereocenters. The first-order chi connectivity index (χ1) is 10.0. The number of benzene rings is 2. The normalized spacial score (nSPS) is 10.2. The summed E-state index contributed by atoms with van der Waals surface area (Å²) in [5.41, 5.74) is 2.88. The minimum Gasteiger partial charge on any atom is -0.259 e. The number of halogens is 1. The van der Waals surface area contributed by atoms with E-state index in [1.807, 2.05) is 31.2 Å². The van der Waals surface area contributed by atoms with Gasteiger partial charge in [-0.2, -0.15) is 0 Å². The third-order valence-corrected chi connectivity index (χ3v) is 2.78. The van der Waals surface area contributed by atoms with Crippen LogP contribution in [0.25, 0.3) is 6.08 Å². The van der Waals surface area contributed by atoms with Gasteiger partial charge in [0.2, 0.25) is 6.20 Å². The Morgan fingerprint density at radius 1 is 1.14 bits per heavy atom. The third kappa shape index (κ3) is 4.29. The molecule has 104 valence electrons. The maximum absolute atomic E-state index is 13.2. The molecular weight excluding hydrogens is 269 g/mol. The summed E-state index contributed by atoms with van der Waals surface area (Å²) < 4.78 is 13.2.